The maximum absolute atomic E-state index is 12.1. The highest BCUT2D eigenvalue weighted by Crippen LogP contribution is 2.22. The Morgan fingerprint density at radius 2 is 1.93 bits per heavy atom. The van der Waals surface area contributed by atoms with Crippen LogP contribution in [0.2, 0.25) is 9.36 Å². The van der Waals surface area contributed by atoms with Crippen molar-refractivity contribution < 1.29 is 9.63 Å². The molecule has 29 heavy (non-hydrogen) atoms. The molecular formula is C20H15Cl2N3O3S. The molecule has 0 spiro atoms. The summed E-state index contributed by atoms with van der Waals surface area (Å²) >= 11 is 13.1. The van der Waals surface area contributed by atoms with E-state index in [9.17, 15) is 9.59 Å². The van der Waals surface area contributed by atoms with Crippen LogP contribution in [0.25, 0.3) is 11.4 Å². The summed E-state index contributed by atoms with van der Waals surface area (Å²) in [5.41, 5.74) is 5.10. The molecule has 1 aliphatic heterocycles. The minimum absolute atomic E-state index is 0.161. The number of carbonyl (C=O) groups is 1. The van der Waals surface area contributed by atoms with Crippen LogP contribution in [-0.2, 0) is 4.84 Å². The van der Waals surface area contributed by atoms with Crippen LogP contribution < -0.4 is 16.4 Å². The summed E-state index contributed by atoms with van der Waals surface area (Å²) in [5, 5.41) is 3.30. The molecule has 3 aromatic rings. The monoisotopic (exact) mass is 447 g/mol. The predicted molar refractivity (Wildman–Crippen MR) is 115 cm³/mol. The molecule has 2 aromatic heterocycles. The maximum Gasteiger partial charge on any atom is 0.261 e. The standard InChI is InChI=1S/C20H15Cl2N3O3S/c21-13-3-8-19(26)25(11-13)14-4-1-12(2-5-14)16-9-15(28-24-16)10-23-20(27)17-6-7-18(22)29-17/h1-9,11,15,24H,10H2,(H,23,27). The molecule has 1 atom stereocenters. The van der Waals surface area contributed by atoms with Gasteiger partial charge in [-0.15, -0.1) is 11.3 Å². The van der Waals surface area contributed by atoms with E-state index in [2.05, 4.69) is 10.8 Å². The first-order chi connectivity index (χ1) is 14.0. The summed E-state index contributed by atoms with van der Waals surface area (Å²) in [6, 6.07) is 13.8. The van der Waals surface area contributed by atoms with Crippen molar-refractivity contribution >= 4 is 46.1 Å². The zero-order chi connectivity index (χ0) is 20.4. The number of rotatable bonds is 5. The third-order valence-electron chi connectivity index (χ3n) is 4.27. The summed E-state index contributed by atoms with van der Waals surface area (Å²) in [5.74, 6) is -0.191. The average Bonchev–Trinajstić information content (AvgIpc) is 3.37. The molecule has 6 nitrogen and oxygen atoms in total. The summed E-state index contributed by atoms with van der Waals surface area (Å²) in [6.07, 6.45) is 3.16. The summed E-state index contributed by atoms with van der Waals surface area (Å²) in [4.78, 5) is 30.2. The zero-order valence-corrected chi connectivity index (χ0v) is 17.2. The summed E-state index contributed by atoms with van der Waals surface area (Å²) in [6.45, 7) is 0.320. The maximum atomic E-state index is 12.1. The quantitative estimate of drug-likeness (QED) is 0.622. The van der Waals surface area contributed by atoms with Crippen molar-refractivity contribution in [3.05, 3.63) is 91.0 Å². The normalized spacial score (nSPS) is 15.7. The van der Waals surface area contributed by atoms with E-state index in [1.807, 2.05) is 30.3 Å². The molecule has 1 aromatic carbocycles. The third kappa shape index (κ3) is 4.54. The van der Waals surface area contributed by atoms with Gasteiger partial charge < -0.3 is 5.32 Å². The van der Waals surface area contributed by atoms with Gasteiger partial charge in [0.05, 0.1) is 26.5 Å². The first kappa shape index (κ1) is 19.7. The van der Waals surface area contributed by atoms with Crippen molar-refractivity contribution in [1.29, 1.82) is 0 Å². The van der Waals surface area contributed by atoms with Gasteiger partial charge in [-0.25, -0.2) is 0 Å². The second-order valence-corrected chi connectivity index (χ2v) is 8.41. The number of pyridine rings is 1. The van der Waals surface area contributed by atoms with Gasteiger partial charge in [0.15, 0.2) is 0 Å². The number of aromatic nitrogens is 1. The molecule has 3 heterocycles. The number of hydrogen-bond acceptors (Lipinski definition) is 5. The molecule has 0 aliphatic carbocycles. The number of nitrogens with zero attached hydrogens (tertiary/aromatic N) is 1. The van der Waals surface area contributed by atoms with Gasteiger partial charge in [-0.2, -0.15) is 0 Å². The predicted octanol–water partition coefficient (Wildman–Crippen LogP) is 3.88. The number of halogens is 2. The van der Waals surface area contributed by atoms with Gasteiger partial charge in [0.25, 0.3) is 11.5 Å². The lowest BCUT2D eigenvalue weighted by Gasteiger charge is -2.09. The van der Waals surface area contributed by atoms with E-state index in [1.165, 1.54) is 22.0 Å². The molecule has 0 bridgehead atoms. The molecule has 9 heteroatoms. The van der Waals surface area contributed by atoms with E-state index in [0.29, 0.717) is 26.5 Å². The van der Waals surface area contributed by atoms with Crippen molar-refractivity contribution in [3.63, 3.8) is 0 Å². The van der Waals surface area contributed by atoms with Gasteiger partial charge >= 0.3 is 0 Å². The van der Waals surface area contributed by atoms with E-state index in [1.54, 1.807) is 24.4 Å². The highest BCUT2D eigenvalue weighted by Gasteiger charge is 2.19. The highest BCUT2D eigenvalue weighted by molar-refractivity contribution is 7.18. The van der Waals surface area contributed by atoms with Crippen LogP contribution in [0.15, 0.2) is 65.6 Å². The minimum atomic E-state index is -0.306. The van der Waals surface area contributed by atoms with Crippen LogP contribution >= 0.6 is 34.5 Å². The smallest absolute Gasteiger partial charge is 0.261 e. The van der Waals surface area contributed by atoms with Gasteiger partial charge in [-0.3, -0.25) is 24.5 Å². The van der Waals surface area contributed by atoms with Gasteiger partial charge in [0, 0.05) is 18.0 Å². The second-order valence-electron chi connectivity index (χ2n) is 6.25. The van der Waals surface area contributed by atoms with E-state index in [4.69, 9.17) is 28.0 Å². The molecule has 1 unspecified atom stereocenters. The molecule has 0 radical (unpaired) electrons. The molecule has 2 N–H and O–H groups in total. The Bertz CT molecular complexity index is 1140. The number of carbonyl (C=O) groups excluding carboxylic acids is 1. The van der Waals surface area contributed by atoms with Crippen LogP contribution in [0, 0.1) is 0 Å². The fourth-order valence-corrected chi connectivity index (χ4v) is 3.95. The highest BCUT2D eigenvalue weighted by atomic mass is 35.5. The number of hydroxylamine groups is 1. The number of benzene rings is 1. The molecule has 1 amide bonds. The fraction of sp³-hybridized carbons (Fsp3) is 0.100. The Balaban J connectivity index is 1.42. The molecule has 0 fully saturated rings. The minimum Gasteiger partial charge on any atom is -0.348 e. The molecule has 1 aliphatic rings. The van der Waals surface area contributed by atoms with E-state index in [0.717, 1.165) is 11.3 Å². The Labute approximate surface area is 180 Å². The number of amides is 1. The molecule has 0 saturated carbocycles. The first-order valence-electron chi connectivity index (χ1n) is 8.65. The third-order valence-corrected chi connectivity index (χ3v) is 5.72. The average molecular weight is 448 g/mol. The van der Waals surface area contributed by atoms with Crippen LogP contribution in [0.3, 0.4) is 0 Å². The van der Waals surface area contributed by atoms with E-state index < -0.39 is 0 Å². The van der Waals surface area contributed by atoms with Crippen molar-refractivity contribution in [2.45, 2.75) is 6.10 Å². The van der Waals surface area contributed by atoms with Gasteiger partial charge in [-0.1, -0.05) is 35.3 Å². The first-order valence-corrected chi connectivity index (χ1v) is 10.2. The molecule has 0 saturated heterocycles. The lowest BCUT2D eigenvalue weighted by molar-refractivity contribution is 0.0499. The Kier molecular flexibility index (Phi) is 5.73. The number of hydrogen-bond donors (Lipinski definition) is 2. The van der Waals surface area contributed by atoms with E-state index >= 15 is 0 Å². The summed E-state index contributed by atoms with van der Waals surface area (Å²) < 4.78 is 2.05. The van der Waals surface area contributed by atoms with E-state index in [-0.39, 0.29) is 17.6 Å². The second kappa shape index (κ2) is 8.42. The molecule has 4 rings (SSSR count). The van der Waals surface area contributed by atoms with Crippen LogP contribution in [0.1, 0.15) is 15.2 Å². The van der Waals surface area contributed by atoms with Crippen molar-refractivity contribution in [2.75, 3.05) is 6.54 Å². The Hall–Kier alpha value is -2.58. The van der Waals surface area contributed by atoms with Crippen LogP contribution in [0.5, 0.6) is 0 Å². The lowest BCUT2D eigenvalue weighted by Crippen LogP contribution is -2.31. The lowest BCUT2D eigenvalue weighted by atomic mass is 10.1. The zero-order valence-electron chi connectivity index (χ0n) is 14.9. The SMILES string of the molecule is O=C(NCC1C=C(c2ccc(-n3cc(Cl)ccc3=O)cc2)NO1)c1ccc(Cl)s1. The largest absolute Gasteiger partial charge is 0.348 e. The van der Waals surface area contributed by atoms with Crippen LogP contribution in [-0.4, -0.2) is 23.1 Å². The van der Waals surface area contributed by atoms with Gasteiger partial charge in [0.2, 0.25) is 0 Å². The summed E-state index contributed by atoms with van der Waals surface area (Å²) in [7, 11) is 0. The van der Waals surface area contributed by atoms with Gasteiger partial charge in [-0.05, 0) is 42.0 Å². The van der Waals surface area contributed by atoms with Crippen molar-refractivity contribution in [3.8, 4) is 5.69 Å². The Morgan fingerprint density at radius 3 is 2.66 bits per heavy atom. The molecule has 148 valence electrons. The van der Waals surface area contributed by atoms with Crippen LogP contribution in [0.4, 0.5) is 0 Å². The molecular weight excluding hydrogens is 433 g/mol. The topological polar surface area (TPSA) is 72.4 Å². The Morgan fingerprint density at radius 1 is 1.14 bits per heavy atom. The number of thiophene rings is 1. The van der Waals surface area contributed by atoms with Crippen molar-refractivity contribution in [1.82, 2.24) is 15.4 Å². The fourth-order valence-electron chi connectivity index (χ4n) is 2.83. The van der Waals surface area contributed by atoms with Gasteiger partial charge in [0.1, 0.15) is 6.10 Å². The van der Waals surface area contributed by atoms with Crippen molar-refractivity contribution in [2.24, 2.45) is 0 Å². The number of nitrogens with one attached hydrogen (secondary N) is 2.